The predicted octanol–water partition coefficient (Wildman–Crippen LogP) is -0.805. The van der Waals surface area contributed by atoms with Crippen molar-refractivity contribution in [2.45, 2.75) is 6.04 Å². The molecule has 16 heavy (non-hydrogen) atoms. The molecule has 86 valence electrons. The van der Waals surface area contributed by atoms with Gasteiger partial charge < -0.3 is 15.4 Å². The van der Waals surface area contributed by atoms with Gasteiger partial charge in [-0.05, 0) is 0 Å². The number of morpholine rings is 1. The first-order chi connectivity index (χ1) is 7.86. The van der Waals surface area contributed by atoms with Gasteiger partial charge in [-0.3, -0.25) is 4.79 Å². The van der Waals surface area contributed by atoms with Crippen LogP contribution in [0.3, 0.4) is 0 Å². The smallest absolute Gasteiger partial charge is 0.254 e. The number of carbonyl (C=O) groups is 1. The third kappa shape index (κ3) is 2.98. The van der Waals surface area contributed by atoms with E-state index in [9.17, 15) is 4.79 Å². The molecule has 1 saturated heterocycles. The lowest BCUT2D eigenvalue weighted by atomic mass is 10.2. The molecule has 1 fully saturated rings. The lowest BCUT2D eigenvalue weighted by Crippen LogP contribution is -2.48. The Morgan fingerprint density at radius 2 is 2.38 bits per heavy atom. The Labute approximate surface area is 93.4 Å². The second kappa shape index (κ2) is 5.53. The van der Waals surface area contributed by atoms with Crippen molar-refractivity contribution in [3.8, 4) is 0 Å². The van der Waals surface area contributed by atoms with Crippen molar-refractivity contribution in [2.75, 3.05) is 26.3 Å². The number of nitrogens with zero attached hydrogens (tertiary/aromatic N) is 2. The van der Waals surface area contributed by atoms with Gasteiger partial charge in [-0.25, -0.2) is 9.97 Å². The van der Waals surface area contributed by atoms with Crippen molar-refractivity contribution in [3.05, 3.63) is 24.3 Å². The minimum Gasteiger partial charge on any atom is -0.378 e. The third-order valence-corrected chi connectivity index (χ3v) is 2.33. The van der Waals surface area contributed by atoms with E-state index in [0.717, 1.165) is 13.2 Å². The van der Waals surface area contributed by atoms with E-state index in [4.69, 9.17) is 4.74 Å². The van der Waals surface area contributed by atoms with Gasteiger partial charge in [0.1, 0.15) is 6.33 Å². The molecule has 6 heteroatoms. The summed E-state index contributed by atoms with van der Waals surface area (Å²) < 4.78 is 5.28. The van der Waals surface area contributed by atoms with Gasteiger partial charge in [0, 0.05) is 31.5 Å². The highest BCUT2D eigenvalue weighted by atomic mass is 16.5. The number of hydrogen-bond acceptors (Lipinski definition) is 5. The lowest BCUT2D eigenvalue weighted by Gasteiger charge is -2.23. The van der Waals surface area contributed by atoms with Gasteiger partial charge in [0.15, 0.2) is 0 Å². The van der Waals surface area contributed by atoms with E-state index in [1.807, 2.05) is 0 Å². The quantitative estimate of drug-likeness (QED) is 0.700. The molecule has 2 rings (SSSR count). The molecule has 0 radical (unpaired) electrons. The van der Waals surface area contributed by atoms with Crippen LogP contribution in [0, 0.1) is 0 Å². The molecule has 1 amide bonds. The van der Waals surface area contributed by atoms with Crippen molar-refractivity contribution in [2.24, 2.45) is 0 Å². The average molecular weight is 222 g/mol. The zero-order chi connectivity index (χ0) is 11.2. The summed E-state index contributed by atoms with van der Waals surface area (Å²) in [5.74, 6) is -0.159. The van der Waals surface area contributed by atoms with Gasteiger partial charge in [0.2, 0.25) is 0 Å². The minimum atomic E-state index is -0.159. The van der Waals surface area contributed by atoms with Crippen molar-refractivity contribution >= 4 is 5.91 Å². The normalized spacial score (nSPS) is 20.4. The molecule has 0 aliphatic carbocycles. The maximum absolute atomic E-state index is 11.6. The highest BCUT2D eigenvalue weighted by molar-refractivity contribution is 5.93. The highest BCUT2D eigenvalue weighted by Crippen LogP contribution is 1.94. The second-order valence-corrected chi connectivity index (χ2v) is 3.56. The fourth-order valence-corrected chi connectivity index (χ4v) is 1.49. The zero-order valence-electron chi connectivity index (χ0n) is 8.85. The van der Waals surface area contributed by atoms with Crippen LogP contribution in [-0.4, -0.2) is 48.2 Å². The van der Waals surface area contributed by atoms with E-state index < -0.39 is 0 Å². The fraction of sp³-hybridized carbons (Fsp3) is 0.500. The van der Waals surface area contributed by atoms with Crippen molar-refractivity contribution < 1.29 is 9.53 Å². The van der Waals surface area contributed by atoms with Crippen LogP contribution in [0.5, 0.6) is 0 Å². The van der Waals surface area contributed by atoms with E-state index in [1.54, 1.807) is 0 Å². The Kier molecular flexibility index (Phi) is 3.79. The molecule has 0 saturated carbocycles. The Morgan fingerprint density at radius 3 is 3.06 bits per heavy atom. The summed E-state index contributed by atoms with van der Waals surface area (Å²) in [4.78, 5) is 19.2. The number of hydrogen-bond donors (Lipinski definition) is 2. The summed E-state index contributed by atoms with van der Waals surface area (Å²) in [6, 6.07) is 0.183. The minimum absolute atomic E-state index is 0.159. The summed E-state index contributed by atoms with van der Waals surface area (Å²) in [5, 5.41) is 6.06. The van der Waals surface area contributed by atoms with E-state index in [-0.39, 0.29) is 11.9 Å². The first-order valence-electron chi connectivity index (χ1n) is 5.20. The Bertz CT molecular complexity index is 338. The van der Waals surface area contributed by atoms with Crippen molar-refractivity contribution in [1.82, 2.24) is 20.6 Å². The van der Waals surface area contributed by atoms with E-state index >= 15 is 0 Å². The molecule has 1 atom stereocenters. The molecule has 2 N–H and O–H groups in total. The molecule has 0 spiro atoms. The first kappa shape index (κ1) is 11.0. The molecule has 0 aromatic carbocycles. The van der Waals surface area contributed by atoms with Gasteiger partial charge in [0.25, 0.3) is 5.91 Å². The molecule has 2 heterocycles. The van der Waals surface area contributed by atoms with Gasteiger partial charge in [0.05, 0.1) is 18.8 Å². The summed E-state index contributed by atoms with van der Waals surface area (Å²) in [7, 11) is 0. The lowest BCUT2D eigenvalue weighted by molar-refractivity contribution is 0.0734. The van der Waals surface area contributed by atoms with Crippen LogP contribution in [-0.2, 0) is 4.74 Å². The van der Waals surface area contributed by atoms with Crippen molar-refractivity contribution in [3.63, 3.8) is 0 Å². The van der Waals surface area contributed by atoms with Crippen LogP contribution in [0.1, 0.15) is 10.4 Å². The molecule has 1 unspecified atom stereocenters. The third-order valence-electron chi connectivity index (χ3n) is 2.33. The molecule has 1 aliphatic rings. The fourth-order valence-electron chi connectivity index (χ4n) is 1.49. The van der Waals surface area contributed by atoms with Gasteiger partial charge in [-0.15, -0.1) is 0 Å². The molecule has 0 bridgehead atoms. The maximum Gasteiger partial charge on any atom is 0.254 e. The number of carbonyl (C=O) groups excluding carboxylic acids is 1. The summed E-state index contributed by atoms with van der Waals surface area (Å²) >= 11 is 0. The van der Waals surface area contributed by atoms with Gasteiger partial charge in [-0.1, -0.05) is 0 Å². The summed E-state index contributed by atoms with van der Waals surface area (Å²) in [5.41, 5.74) is 0.472. The number of nitrogens with one attached hydrogen (secondary N) is 2. The summed E-state index contributed by atoms with van der Waals surface area (Å²) in [6.45, 7) is 2.74. The van der Waals surface area contributed by atoms with E-state index in [0.29, 0.717) is 18.7 Å². The topological polar surface area (TPSA) is 76.1 Å². The van der Waals surface area contributed by atoms with Gasteiger partial charge >= 0.3 is 0 Å². The van der Waals surface area contributed by atoms with Crippen LogP contribution >= 0.6 is 0 Å². The zero-order valence-corrected chi connectivity index (χ0v) is 8.85. The summed E-state index contributed by atoms with van der Waals surface area (Å²) in [6.07, 6.45) is 4.38. The predicted molar refractivity (Wildman–Crippen MR) is 57.0 cm³/mol. The molecular formula is C10H14N4O2. The Hall–Kier alpha value is -1.53. The number of rotatable bonds is 3. The second-order valence-electron chi connectivity index (χ2n) is 3.56. The first-order valence-corrected chi connectivity index (χ1v) is 5.20. The average Bonchev–Trinajstić information content (AvgIpc) is 2.38. The standard InChI is InChI=1S/C10H14N4O2/c15-10(8-3-11-7-12-4-8)14-5-9-6-16-2-1-13-9/h3-4,7,9,13H,1-2,5-6H2,(H,14,15). The molecule has 1 aliphatic heterocycles. The molecular weight excluding hydrogens is 208 g/mol. The monoisotopic (exact) mass is 222 g/mol. The molecule has 6 nitrogen and oxygen atoms in total. The van der Waals surface area contributed by atoms with Gasteiger partial charge in [-0.2, -0.15) is 0 Å². The van der Waals surface area contributed by atoms with Crippen LogP contribution in [0.25, 0.3) is 0 Å². The highest BCUT2D eigenvalue weighted by Gasteiger charge is 2.14. The van der Waals surface area contributed by atoms with Crippen molar-refractivity contribution in [1.29, 1.82) is 0 Å². The molecule has 1 aromatic rings. The Balaban J connectivity index is 1.79. The van der Waals surface area contributed by atoms with Crippen LogP contribution in [0.4, 0.5) is 0 Å². The van der Waals surface area contributed by atoms with Crippen LogP contribution in [0.15, 0.2) is 18.7 Å². The number of ether oxygens (including phenoxy) is 1. The molecule has 1 aromatic heterocycles. The van der Waals surface area contributed by atoms with Crippen LogP contribution < -0.4 is 10.6 Å². The number of amides is 1. The maximum atomic E-state index is 11.6. The Morgan fingerprint density at radius 1 is 1.56 bits per heavy atom. The SMILES string of the molecule is O=C(NCC1COCCN1)c1cncnc1. The van der Waals surface area contributed by atoms with E-state index in [2.05, 4.69) is 20.6 Å². The van der Waals surface area contributed by atoms with E-state index in [1.165, 1.54) is 18.7 Å². The number of aromatic nitrogens is 2. The largest absolute Gasteiger partial charge is 0.378 e. The van der Waals surface area contributed by atoms with Crippen LogP contribution in [0.2, 0.25) is 0 Å².